The molecule has 24 heavy (non-hydrogen) atoms. The SMILES string of the molecule is COc1ccc(-c2ccc(CNC(=O)CCCCC(=O)O)s2)cc1. The summed E-state index contributed by atoms with van der Waals surface area (Å²) < 4.78 is 5.15. The van der Waals surface area contributed by atoms with E-state index in [2.05, 4.69) is 5.32 Å². The van der Waals surface area contributed by atoms with E-state index in [-0.39, 0.29) is 12.3 Å². The molecule has 2 N–H and O–H groups in total. The Balaban J connectivity index is 1.78. The van der Waals surface area contributed by atoms with E-state index in [1.54, 1.807) is 18.4 Å². The molecule has 0 aliphatic carbocycles. The van der Waals surface area contributed by atoms with Gasteiger partial charge in [0.25, 0.3) is 0 Å². The van der Waals surface area contributed by atoms with E-state index in [9.17, 15) is 9.59 Å². The second-order valence-corrected chi connectivity index (χ2v) is 6.54. The third-order valence-corrected chi connectivity index (χ3v) is 4.67. The first-order chi connectivity index (χ1) is 11.6. The number of methoxy groups -OCH3 is 1. The molecule has 5 nitrogen and oxygen atoms in total. The number of thiophene rings is 1. The quantitative estimate of drug-likeness (QED) is 0.679. The molecule has 1 heterocycles. The zero-order chi connectivity index (χ0) is 17.4. The Bertz CT molecular complexity index is 679. The molecule has 0 unspecified atom stereocenters. The normalized spacial score (nSPS) is 10.4. The van der Waals surface area contributed by atoms with Gasteiger partial charge in [0.15, 0.2) is 0 Å². The number of carbonyl (C=O) groups excluding carboxylic acids is 1. The second-order valence-electron chi connectivity index (χ2n) is 5.37. The van der Waals surface area contributed by atoms with Gasteiger partial charge in [-0.1, -0.05) is 0 Å². The first-order valence-electron chi connectivity index (χ1n) is 7.80. The molecule has 128 valence electrons. The highest BCUT2D eigenvalue weighted by molar-refractivity contribution is 7.15. The van der Waals surface area contributed by atoms with Crippen molar-refractivity contribution < 1.29 is 19.4 Å². The van der Waals surface area contributed by atoms with Crippen LogP contribution in [0.1, 0.15) is 30.6 Å². The standard InChI is InChI=1S/C18H21NO4S/c1-23-14-8-6-13(7-9-14)16-11-10-15(24-16)12-19-17(20)4-2-3-5-18(21)22/h6-11H,2-5,12H2,1H3,(H,19,20)(H,21,22). The smallest absolute Gasteiger partial charge is 0.303 e. The number of carboxylic acids is 1. The molecule has 1 amide bonds. The highest BCUT2D eigenvalue weighted by Gasteiger charge is 2.06. The van der Waals surface area contributed by atoms with Crippen molar-refractivity contribution in [2.45, 2.75) is 32.2 Å². The van der Waals surface area contributed by atoms with Gasteiger partial charge in [-0.25, -0.2) is 0 Å². The fraction of sp³-hybridized carbons (Fsp3) is 0.333. The van der Waals surface area contributed by atoms with Gasteiger partial charge in [-0.3, -0.25) is 9.59 Å². The van der Waals surface area contributed by atoms with Crippen LogP contribution in [0.25, 0.3) is 10.4 Å². The summed E-state index contributed by atoms with van der Waals surface area (Å²) in [6, 6.07) is 11.9. The average molecular weight is 347 g/mol. The third-order valence-electron chi connectivity index (χ3n) is 3.54. The Morgan fingerprint density at radius 1 is 1.08 bits per heavy atom. The number of carbonyl (C=O) groups is 2. The molecule has 0 spiro atoms. The van der Waals surface area contributed by atoms with Crippen LogP contribution >= 0.6 is 11.3 Å². The van der Waals surface area contributed by atoms with Gasteiger partial charge in [0.05, 0.1) is 13.7 Å². The van der Waals surface area contributed by atoms with Gasteiger partial charge in [-0.2, -0.15) is 0 Å². The minimum Gasteiger partial charge on any atom is -0.497 e. The number of unbranched alkanes of at least 4 members (excludes halogenated alkanes) is 1. The summed E-state index contributed by atoms with van der Waals surface area (Å²) in [5.74, 6) is -0.0365. The molecule has 1 aromatic carbocycles. The number of benzene rings is 1. The molecule has 0 saturated heterocycles. The van der Waals surface area contributed by atoms with Crippen molar-refractivity contribution in [1.29, 1.82) is 0 Å². The minimum absolute atomic E-state index is 0.0419. The number of rotatable bonds is 9. The van der Waals surface area contributed by atoms with E-state index < -0.39 is 5.97 Å². The molecular weight excluding hydrogens is 326 g/mol. The van der Waals surface area contributed by atoms with Crippen LogP contribution in [0.4, 0.5) is 0 Å². The molecule has 0 bridgehead atoms. The lowest BCUT2D eigenvalue weighted by atomic mass is 10.2. The average Bonchev–Trinajstić information content (AvgIpc) is 3.06. The fourth-order valence-electron chi connectivity index (χ4n) is 2.22. The molecule has 0 atom stereocenters. The van der Waals surface area contributed by atoms with Gasteiger partial charge in [-0.05, 0) is 54.8 Å². The second kappa shape index (κ2) is 9.08. The first kappa shape index (κ1) is 18.0. The van der Waals surface area contributed by atoms with Gasteiger partial charge < -0.3 is 15.2 Å². The number of hydrogen-bond acceptors (Lipinski definition) is 4. The molecule has 2 aromatic rings. The Kier molecular flexibility index (Phi) is 6.81. The van der Waals surface area contributed by atoms with E-state index in [1.807, 2.05) is 36.4 Å². The van der Waals surface area contributed by atoms with Crippen LogP contribution in [0.2, 0.25) is 0 Å². The monoisotopic (exact) mass is 347 g/mol. The highest BCUT2D eigenvalue weighted by Crippen LogP contribution is 2.29. The van der Waals surface area contributed by atoms with Crippen molar-refractivity contribution in [3.63, 3.8) is 0 Å². The molecule has 0 saturated carbocycles. The molecule has 2 rings (SSSR count). The summed E-state index contributed by atoms with van der Waals surface area (Å²) in [5, 5.41) is 11.4. The Labute approximate surface area is 145 Å². The molecule has 6 heteroatoms. The van der Waals surface area contributed by atoms with E-state index >= 15 is 0 Å². The van der Waals surface area contributed by atoms with Crippen molar-refractivity contribution in [2.24, 2.45) is 0 Å². The summed E-state index contributed by atoms with van der Waals surface area (Å²) in [7, 11) is 1.64. The summed E-state index contributed by atoms with van der Waals surface area (Å²) in [6.07, 6.45) is 1.61. The lowest BCUT2D eigenvalue weighted by molar-refractivity contribution is -0.137. The Hall–Kier alpha value is -2.34. The lowest BCUT2D eigenvalue weighted by Crippen LogP contribution is -2.21. The largest absolute Gasteiger partial charge is 0.497 e. The number of carboxylic acid groups (broad SMARTS) is 1. The zero-order valence-corrected chi connectivity index (χ0v) is 14.4. The molecule has 0 fully saturated rings. The van der Waals surface area contributed by atoms with E-state index in [0.717, 1.165) is 21.1 Å². The van der Waals surface area contributed by atoms with Gasteiger partial charge in [0.1, 0.15) is 5.75 Å². The zero-order valence-electron chi connectivity index (χ0n) is 13.6. The number of amides is 1. The molecule has 0 aliphatic heterocycles. The molecule has 0 aliphatic rings. The van der Waals surface area contributed by atoms with Crippen LogP contribution in [0.3, 0.4) is 0 Å². The van der Waals surface area contributed by atoms with E-state index in [4.69, 9.17) is 9.84 Å². The Morgan fingerprint density at radius 3 is 2.46 bits per heavy atom. The van der Waals surface area contributed by atoms with Crippen molar-refractivity contribution in [3.05, 3.63) is 41.3 Å². The highest BCUT2D eigenvalue weighted by atomic mass is 32.1. The van der Waals surface area contributed by atoms with Crippen molar-refractivity contribution in [2.75, 3.05) is 7.11 Å². The summed E-state index contributed by atoms with van der Waals surface area (Å²) in [4.78, 5) is 24.4. The van der Waals surface area contributed by atoms with Crippen LogP contribution < -0.4 is 10.1 Å². The maximum absolute atomic E-state index is 11.7. The number of ether oxygens (including phenoxy) is 1. The minimum atomic E-state index is -0.819. The maximum Gasteiger partial charge on any atom is 0.303 e. The van der Waals surface area contributed by atoms with Crippen LogP contribution in [-0.2, 0) is 16.1 Å². The third kappa shape index (κ3) is 5.70. The van der Waals surface area contributed by atoms with Crippen LogP contribution in [0.15, 0.2) is 36.4 Å². The summed E-state index contributed by atoms with van der Waals surface area (Å²) in [5.41, 5.74) is 1.12. The topological polar surface area (TPSA) is 75.6 Å². The van der Waals surface area contributed by atoms with Crippen LogP contribution in [0.5, 0.6) is 5.75 Å². The van der Waals surface area contributed by atoms with Gasteiger partial charge >= 0.3 is 5.97 Å². The summed E-state index contributed by atoms with van der Waals surface area (Å²) >= 11 is 1.64. The summed E-state index contributed by atoms with van der Waals surface area (Å²) in [6.45, 7) is 0.499. The van der Waals surface area contributed by atoms with Crippen molar-refractivity contribution in [1.82, 2.24) is 5.32 Å². The molecular formula is C18H21NO4S. The lowest BCUT2D eigenvalue weighted by Gasteiger charge is -2.03. The fourth-order valence-corrected chi connectivity index (χ4v) is 3.17. The van der Waals surface area contributed by atoms with Gasteiger partial charge in [0.2, 0.25) is 5.91 Å². The molecule has 1 aromatic heterocycles. The predicted octanol–water partition coefficient (Wildman–Crippen LogP) is 3.68. The van der Waals surface area contributed by atoms with Crippen LogP contribution in [-0.4, -0.2) is 24.1 Å². The van der Waals surface area contributed by atoms with Crippen molar-refractivity contribution in [3.8, 4) is 16.2 Å². The number of hydrogen-bond donors (Lipinski definition) is 2. The first-order valence-corrected chi connectivity index (χ1v) is 8.62. The maximum atomic E-state index is 11.7. The van der Waals surface area contributed by atoms with E-state index in [0.29, 0.717) is 25.8 Å². The predicted molar refractivity (Wildman–Crippen MR) is 94.3 cm³/mol. The number of nitrogens with one attached hydrogen (secondary N) is 1. The van der Waals surface area contributed by atoms with E-state index in [1.165, 1.54) is 0 Å². The van der Waals surface area contributed by atoms with Gasteiger partial charge in [0, 0.05) is 22.6 Å². The number of aliphatic carboxylic acids is 1. The molecule has 0 radical (unpaired) electrons. The van der Waals surface area contributed by atoms with Crippen LogP contribution in [0, 0.1) is 0 Å². The Morgan fingerprint density at radius 2 is 1.79 bits per heavy atom. The van der Waals surface area contributed by atoms with Crippen molar-refractivity contribution >= 4 is 23.2 Å². The van der Waals surface area contributed by atoms with Gasteiger partial charge in [-0.15, -0.1) is 11.3 Å².